The van der Waals surface area contributed by atoms with Gasteiger partial charge in [0.15, 0.2) is 0 Å². The molecule has 1 saturated heterocycles. The van der Waals surface area contributed by atoms with Gasteiger partial charge in [0.1, 0.15) is 11.6 Å². The number of halogens is 1. The molecule has 0 aliphatic carbocycles. The summed E-state index contributed by atoms with van der Waals surface area (Å²) in [5.74, 6) is -0.243. The Morgan fingerprint density at radius 2 is 1.64 bits per heavy atom. The third kappa shape index (κ3) is 3.55. The van der Waals surface area contributed by atoms with Crippen molar-refractivity contribution in [1.82, 2.24) is 4.98 Å². The average Bonchev–Trinajstić information content (AvgIpc) is 3.11. The van der Waals surface area contributed by atoms with E-state index in [0.29, 0.717) is 30.2 Å². The lowest BCUT2D eigenvalue weighted by atomic mass is 10.2. The standard InChI is InChI=1S/C21H17FN4O2/c22-16-8-6-15(7-9-16)20(27)24-17-10-11-19(23-14-17)26-13-12-25(21(26)28)18-4-2-1-3-5-18/h1-11,14H,12-13H2,(H,24,27). The van der Waals surface area contributed by atoms with Crippen molar-refractivity contribution < 1.29 is 14.0 Å². The first-order valence-electron chi connectivity index (χ1n) is 8.79. The molecule has 1 aromatic heterocycles. The fraction of sp³-hybridized carbons (Fsp3) is 0.0952. The topological polar surface area (TPSA) is 65.5 Å². The van der Waals surface area contributed by atoms with E-state index < -0.39 is 5.82 Å². The number of para-hydroxylation sites is 1. The van der Waals surface area contributed by atoms with Crippen LogP contribution >= 0.6 is 0 Å². The van der Waals surface area contributed by atoms with E-state index in [-0.39, 0.29) is 11.9 Å². The smallest absolute Gasteiger partial charge is 0.321 e. The predicted octanol–water partition coefficient (Wildman–Crippen LogP) is 3.92. The summed E-state index contributed by atoms with van der Waals surface area (Å²) in [5, 5.41) is 2.70. The number of rotatable bonds is 4. The molecule has 140 valence electrons. The molecule has 1 aliphatic heterocycles. The molecule has 1 aliphatic rings. The van der Waals surface area contributed by atoms with Crippen LogP contribution in [0.5, 0.6) is 0 Å². The molecular formula is C21H17FN4O2. The first kappa shape index (κ1) is 17.7. The van der Waals surface area contributed by atoms with Crippen LogP contribution in [0, 0.1) is 5.82 Å². The van der Waals surface area contributed by atoms with Gasteiger partial charge in [0.25, 0.3) is 5.91 Å². The number of nitrogens with zero attached hydrogens (tertiary/aromatic N) is 3. The lowest BCUT2D eigenvalue weighted by Crippen LogP contribution is -2.32. The maximum absolute atomic E-state index is 13.0. The molecular weight excluding hydrogens is 359 g/mol. The highest BCUT2D eigenvalue weighted by molar-refractivity contribution is 6.06. The van der Waals surface area contributed by atoms with E-state index in [1.807, 2.05) is 30.3 Å². The normalized spacial score (nSPS) is 13.7. The summed E-state index contributed by atoms with van der Waals surface area (Å²) in [6.45, 7) is 1.11. The van der Waals surface area contributed by atoms with Crippen LogP contribution in [-0.4, -0.2) is 30.0 Å². The molecule has 1 fully saturated rings. The molecule has 0 spiro atoms. The maximum atomic E-state index is 13.0. The fourth-order valence-electron chi connectivity index (χ4n) is 3.02. The summed E-state index contributed by atoms with van der Waals surface area (Å²) in [7, 11) is 0. The van der Waals surface area contributed by atoms with E-state index in [2.05, 4.69) is 10.3 Å². The van der Waals surface area contributed by atoms with Gasteiger partial charge in [-0.2, -0.15) is 0 Å². The highest BCUT2D eigenvalue weighted by atomic mass is 19.1. The Morgan fingerprint density at radius 1 is 0.929 bits per heavy atom. The number of aromatic nitrogens is 1. The second-order valence-electron chi connectivity index (χ2n) is 6.29. The fourth-order valence-corrected chi connectivity index (χ4v) is 3.02. The number of urea groups is 1. The Hall–Kier alpha value is -3.74. The molecule has 0 atom stereocenters. The molecule has 0 unspecified atom stereocenters. The summed E-state index contributed by atoms with van der Waals surface area (Å²) in [5.41, 5.74) is 1.68. The molecule has 3 amide bonds. The van der Waals surface area contributed by atoms with Gasteiger partial charge in [-0.1, -0.05) is 18.2 Å². The number of benzene rings is 2. The monoisotopic (exact) mass is 376 g/mol. The summed E-state index contributed by atoms with van der Waals surface area (Å²) < 4.78 is 13.0. The zero-order valence-electron chi connectivity index (χ0n) is 14.9. The van der Waals surface area contributed by atoms with Gasteiger partial charge in [-0.25, -0.2) is 14.2 Å². The number of amides is 3. The number of nitrogens with one attached hydrogen (secondary N) is 1. The lowest BCUT2D eigenvalue weighted by Gasteiger charge is -2.18. The Kier molecular flexibility index (Phi) is 4.72. The molecule has 7 heteroatoms. The quantitative estimate of drug-likeness (QED) is 0.751. The van der Waals surface area contributed by atoms with E-state index in [1.54, 1.807) is 21.9 Å². The summed E-state index contributed by atoms with van der Waals surface area (Å²) in [6, 6.07) is 18.0. The van der Waals surface area contributed by atoms with E-state index >= 15 is 0 Å². The van der Waals surface area contributed by atoms with Crippen LogP contribution in [0.25, 0.3) is 0 Å². The zero-order valence-corrected chi connectivity index (χ0v) is 14.9. The second-order valence-corrected chi connectivity index (χ2v) is 6.29. The van der Waals surface area contributed by atoms with Gasteiger partial charge in [-0.15, -0.1) is 0 Å². The molecule has 4 rings (SSSR count). The van der Waals surface area contributed by atoms with Crippen molar-refractivity contribution in [3.05, 3.63) is 84.3 Å². The molecule has 2 aromatic carbocycles. The lowest BCUT2D eigenvalue weighted by molar-refractivity contribution is 0.102. The average molecular weight is 376 g/mol. The largest absolute Gasteiger partial charge is 0.330 e. The molecule has 28 heavy (non-hydrogen) atoms. The number of pyridine rings is 1. The van der Waals surface area contributed by atoms with E-state index in [1.165, 1.54) is 30.5 Å². The molecule has 1 N–H and O–H groups in total. The van der Waals surface area contributed by atoms with Crippen molar-refractivity contribution in [1.29, 1.82) is 0 Å². The highest BCUT2D eigenvalue weighted by Crippen LogP contribution is 2.24. The minimum Gasteiger partial charge on any atom is -0.321 e. The van der Waals surface area contributed by atoms with Crippen molar-refractivity contribution in [2.45, 2.75) is 0 Å². The molecule has 2 heterocycles. The van der Waals surface area contributed by atoms with Gasteiger partial charge in [0.2, 0.25) is 0 Å². The Balaban J connectivity index is 1.44. The molecule has 6 nitrogen and oxygen atoms in total. The molecule has 3 aromatic rings. The van der Waals surface area contributed by atoms with E-state index in [4.69, 9.17) is 0 Å². The summed E-state index contributed by atoms with van der Waals surface area (Å²) in [6.07, 6.45) is 1.50. The Morgan fingerprint density at radius 3 is 2.32 bits per heavy atom. The van der Waals surface area contributed by atoms with Crippen molar-refractivity contribution in [3.8, 4) is 0 Å². The van der Waals surface area contributed by atoms with Crippen LogP contribution in [0.15, 0.2) is 72.9 Å². The molecule has 0 bridgehead atoms. The van der Waals surface area contributed by atoms with Crippen molar-refractivity contribution in [3.63, 3.8) is 0 Å². The highest BCUT2D eigenvalue weighted by Gasteiger charge is 2.31. The molecule has 0 saturated carbocycles. The van der Waals surface area contributed by atoms with Crippen LogP contribution in [0.2, 0.25) is 0 Å². The minimum atomic E-state index is -0.401. The van der Waals surface area contributed by atoms with Crippen LogP contribution < -0.4 is 15.1 Å². The second kappa shape index (κ2) is 7.48. The van der Waals surface area contributed by atoms with Crippen LogP contribution in [0.3, 0.4) is 0 Å². The minimum absolute atomic E-state index is 0.137. The van der Waals surface area contributed by atoms with Crippen molar-refractivity contribution >= 4 is 29.1 Å². The Bertz CT molecular complexity index is 991. The van der Waals surface area contributed by atoms with Gasteiger partial charge >= 0.3 is 6.03 Å². The number of anilines is 3. The third-order valence-electron chi connectivity index (χ3n) is 4.47. The van der Waals surface area contributed by atoms with Gasteiger partial charge in [0.05, 0.1) is 11.9 Å². The van der Waals surface area contributed by atoms with Crippen molar-refractivity contribution in [2.24, 2.45) is 0 Å². The van der Waals surface area contributed by atoms with Crippen molar-refractivity contribution in [2.75, 3.05) is 28.2 Å². The SMILES string of the molecule is O=C(Nc1ccc(N2CCN(c3ccccc3)C2=O)nc1)c1ccc(F)cc1. The zero-order chi connectivity index (χ0) is 19.5. The number of hydrogen-bond donors (Lipinski definition) is 1. The van der Waals surface area contributed by atoms with E-state index in [0.717, 1.165) is 5.69 Å². The number of carbonyl (C=O) groups excluding carboxylic acids is 2. The van der Waals surface area contributed by atoms with Gasteiger partial charge in [-0.05, 0) is 48.5 Å². The maximum Gasteiger partial charge on any atom is 0.330 e. The third-order valence-corrected chi connectivity index (χ3v) is 4.47. The van der Waals surface area contributed by atoms with Crippen LogP contribution in [-0.2, 0) is 0 Å². The first-order valence-corrected chi connectivity index (χ1v) is 8.79. The first-order chi connectivity index (χ1) is 13.6. The predicted molar refractivity (Wildman–Crippen MR) is 105 cm³/mol. The van der Waals surface area contributed by atoms with Crippen LogP contribution in [0.1, 0.15) is 10.4 Å². The van der Waals surface area contributed by atoms with Crippen LogP contribution in [0.4, 0.5) is 26.4 Å². The summed E-state index contributed by atoms with van der Waals surface area (Å²) >= 11 is 0. The van der Waals surface area contributed by atoms with Gasteiger partial charge in [-0.3, -0.25) is 14.6 Å². The van der Waals surface area contributed by atoms with E-state index in [9.17, 15) is 14.0 Å². The number of carbonyl (C=O) groups is 2. The summed E-state index contributed by atoms with van der Waals surface area (Å²) in [4.78, 5) is 32.5. The molecule has 0 radical (unpaired) electrons. The van der Waals surface area contributed by atoms with Gasteiger partial charge < -0.3 is 5.32 Å². The van der Waals surface area contributed by atoms with Gasteiger partial charge in [0, 0.05) is 24.3 Å². The Labute approximate surface area is 161 Å². The number of hydrogen-bond acceptors (Lipinski definition) is 3.